The Bertz CT molecular complexity index is 250. The molecule has 0 heterocycles. The molecule has 2 atom stereocenters. The highest BCUT2D eigenvalue weighted by Crippen LogP contribution is 2.46. The molecule has 0 radical (unpaired) electrons. The molecule has 2 unspecified atom stereocenters. The molecule has 1 heteroatoms. The van der Waals surface area contributed by atoms with E-state index < -0.39 is 0 Å². The summed E-state index contributed by atoms with van der Waals surface area (Å²) in [5.41, 5.74) is 0.551. The molecule has 2 saturated carbocycles. The Kier molecular flexibility index (Phi) is 4.75. The zero-order chi connectivity index (χ0) is 13.2. The van der Waals surface area contributed by atoms with Crippen LogP contribution in [0.25, 0.3) is 0 Å². The van der Waals surface area contributed by atoms with Crippen LogP contribution >= 0.6 is 0 Å². The van der Waals surface area contributed by atoms with Gasteiger partial charge in [-0.2, -0.15) is 0 Å². The van der Waals surface area contributed by atoms with E-state index >= 15 is 0 Å². The van der Waals surface area contributed by atoms with Gasteiger partial charge in [0.05, 0.1) is 0 Å². The van der Waals surface area contributed by atoms with Gasteiger partial charge in [-0.25, -0.2) is 0 Å². The van der Waals surface area contributed by atoms with Gasteiger partial charge in [-0.15, -0.1) is 0 Å². The van der Waals surface area contributed by atoms with Gasteiger partial charge in [-0.1, -0.05) is 46.5 Å². The maximum absolute atomic E-state index is 3.71. The Morgan fingerprint density at radius 2 is 1.67 bits per heavy atom. The standard InChI is InChI=1S/C17H33N/c1-13-8-10-14(11-9-13)16(18-4)15-7-5-6-12-17(15,2)3/h13-16,18H,5-12H2,1-4H3. The van der Waals surface area contributed by atoms with E-state index in [0.29, 0.717) is 5.41 Å². The summed E-state index contributed by atoms with van der Waals surface area (Å²) >= 11 is 0. The quantitative estimate of drug-likeness (QED) is 0.772. The molecule has 0 aromatic carbocycles. The lowest BCUT2D eigenvalue weighted by molar-refractivity contribution is 0.0621. The van der Waals surface area contributed by atoms with E-state index in [1.165, 1.54) is 51.4 Å². The van der Waals surface area contributed by atoms with Gasteiger partial charge in [0.15, 0.2) is 0 Å². The third-order valence-electron chi connectivity index (χ3n) is 5.93. The van der Waals surface area contributed by atoms with E-state index in [1.54, 1.807) is 0 Å². The SMILES string of the molecule is CNC(C1CCC(C)CC1)C1CCCCC1(C)C. The van der Waals surface area contributed by atoms with Gasteiger partial charge >= 0.3 is 0 Å². The molecule has 2 aliphatic carbocycles. The van der Waals surface area contributed by atoms with Crippen LogP contribution in [0.15, 0.2) is 0 Å². The van der Waals surface area contributed by atoms with E-state index in [-0.39, 0.29) is 0 Å². The van der Waals surface area contributed by atoms with Gasteiger partial charge in [0.1, 0.15) is 0 Å². The van der Waals surface area contributed by atoms with E-state index in [0.717, 1.165) is 23.8 Å². The molecule has 0 amide bonds. The van der Waals surface area contributed by atoms with Crippen molar-refractivity contribution >= 4 is 0 Å². The van der Waals surface area contributed by atoms with Crippen molar-refractivity contribution in [3.63, 3.8) is 0 Å². The van der Waals surface area contributed by atoms with Crippen molar-refractivity contribution in [2.75, 3.05) is 7.05 Å². The first-order valence-electron chi connectivity index (χ1n) is 8.22. The van der Waals surface area contributed by atoms with Crippen molar-refractivity contribution in [2.24, 2.45) is 23.2 Å². The minimum Gasteiger partial charge on any atom is -0.316 e. The molecule has 0 aromatic rings. The summed E-state index contributed by atoms with van der Waals surface area (Å²) in [6.07, 6.45) is 11.6. The highest BCUT2D eigenvalue weighted by Gasteiger charge is 2.40. The number of rotatable bonds is 3. The predicted octanol–water partition coefficient (Wildman–Crippen LogP) is 4.62. The second-order valence-electron chi connectivity index (χ2n) is 7.68. The zero-order valence-corrected chi connectivity index (χ0v) is 13.0. The lowest BCUT2D eigenvalue weighted by Gasteiger charge is -2.47. The largest absolute Gasteiger partial charge is 0.316 e. The number of hydrogen-bond donors (Lipinski definition) is 1. The average molecular weight is 251 g/mol. The normalized spacial score (nSPS) is 38.3. The fourth-order valence-electron chi connectivity index (χ4n) is 4.60. The van der Waals surface area contributed by atoms with Crippen LogP contribution in [-0.4, -0.2) is 13.1 Å². The molecular formula is C17H33N. The van der Waals surface area contributed by atoms with Crippen LogP contribution in [0.2, 0.25) is 0 Å². The fourth-order valence-corrected chi connectivity index (χ4v) is 4.60. The van der Waals surface area contributed by atoms with Crippen molar-refractivity contribution < 1.29 is 0 Å². The summed E-state index contributed by atoms with van der Waals surface area (Å²) in [6, 6.07) is 0.771. The van der Waals surface area contributed by atoms with Crippen LogP contribution in [0.5, 0.6) is 0 Å². The van der Waals surface area contributed by atoms with E-state index in [4.69, 9.17) is 0 Å². The monoisotopic (exact) mass is 251 g/mol. The van der Waals surface area contributed by atoms with Gasteiger partial charge in [0.2, 0.25) is 0 Å². The topological polar surface area (TPSA) is 12.0 Å². The lowest BCUT2D eigenvalue weighted by Crippen LogP contribution is -2.48. The van der Waals surface area contributed by atoms with Crippen molar-refractivity contribution in [3.8, 4) is 0 Å². The molecule has 18 heavy (non-hydrogen) atoms. The predicted molar refractivity (Wildman–Crippen MR) is 79.7 cm³/mol. The summed E-state index contributed by atoms with van der Waals surface area (Å²) in [5.74, 6) is 2.81. The van der Waals surface area contributed by atoms with E-state index in [9.17, 15) is 0 Å². The molecule has 0 bridgehead atoms. The van der Waals surface area contributed by atoms with Crippen molar-refractivity contribution in [3.05, 3.63) is 0 Å². The molecule has 0 saturated heterocycles. The molecule has 0 aromatic heterocycles. The second-order valence-corrected chi connectivity index (χ2v) is 7.68. The third-order valence-corrected chi connectivity index (χ3v) is 5.93. The van der Waals surface area contributed by atoms with E-state index in [1.807, 2.05) is 0 Å². The van der Waals surface area contributed by atoms with Crippen molar-refractivity contribution in [2.45, 2.75) is 78.2 Å². The molecule has 2 rings (SSSR count). The van der Waals surface area contributed by atoms with Gasteiger partial charge in [0.25, 0.3) is 0 Å². The van der Waals surface area contributed by atoms with Crippen LogP contribution in [0.4, 0.5) is 0 Å². The summed E-state index contributed by atoms with van der Waals surface area (Å²) in [4.78, 5) is 0. The summed E-state index contributed by atoms with van der Waals surface area (Å²) < 4.78 is 0. The Labute approximate surface area is 114 Å². The molecule has 1 nitrogen and oxygen atoms in total. The average Bonchev–Trinajstić information content (AvgIpc) is 2.34. The number of nitrogens with one attached hydrogen (secondary N) is 1. The summed E-state index contributed by atoms with van der Waals surface area (Å²) in [6.45, 7) is 7.44. The Morgan fingerprint density at radius 3 is 2.22 bits per heavy atom. The Morgan fingerprint density at radius 1 is 1.00 bits per heavy atom. The van der Waals surface area contributed by atoms with Gasteiger partial charge in [-0.3, -0.25) is 0 Å². The second kappa shape index (κ2) is 5.94. The molecular weight excluding hydrogens is 218 g/mol. The highest BCUT2D eigenvalue weighted by atomic mass is 14.9. The van der Waals surface area contributed by atoms with Crippen LogP contribution in [0, 0.1) is 23.2 Å². The minimum atomic E-state index is 0.551. The molecule has 2 aliphatic rings. The highest BCUT2D eigenvalue weighted by molar-refractivity contribution is 4.94. The Hall–Kier alpha value is -0.0400. The zero-order valence-electron chi connectivity index (χ0n) is 13.0. The van der Waals surface area contributed by atoms with Crippen LogP contribution in [-0.2, 0) is 0 Å². The van der Waals surface area contributed by atoms with Gasteiger partial charge in [-0.05, 0) is 55.9 Å². The first kappa shape index (κ1) is 14.4. The lowest BCUT2D eigenvalue weighted by atomic mass is 9.62. The minimum absolute atomic E-state index is 0.551. The van der Waals surface area contributed by atoms with Crippen molar-refractivity contribution in [1.82, 2.24) is 5.32 Å². The maximum Gasteiger partial charge on any atom is 0.0126 e. The maximum atomic E-state index is 3.71. The molecule has 0 spiro atoms. The molecule has 2 fully saturated rings. The third kappa shape index (κ3) is 3.10. The first-order valence-corrected chi connectivity index (χ1v) is 8.22. The van der Waals surface area contributed by atoms with Crippen molar-refractivity contribution in [1.29, 1.82) is 0 Å². The van der Waals surface area contributed by atoms with Crippen LogP contribution in [0.1, 0.15) is 72.1 Å². The smallest absolute Gasteiger partial charge is 0.0126 e. The molecule has 0 aliphatic heterocycles. The van der Waals surface area contributed by atoms with Crippen LogP contribution in [0.3, 0.4) is 0 Å². The summed E-state index contributed by atoms with van der Waals surface area (Å²) in [7, 11) is 2.20. The van der Waals surface area contributed by atoms with E-state index in [2.05, 4.69) is 33.1 Å². The van der Waals surface area contributed by atoms with Gasteiger partial charge in [0, 0.05) is 6.04 Å². The fraction of sp³-hybridized carbons (Fsp3) is 1.00. The first-order chi connectivity index (χ1) is 8.54. The summed E-state index contributed by atoms with van der Waals surface area (Å²) in [5, 5.41) is 3.71. The van der Waals surface area contributed by atoms with Gasteiger partial charge < -0.3 is 5.32 Å². The molecule has 1 N–H and O–H groups in total. The van der Waals surface area contributed by atoms with Crippen LogP contribution < -0.4 is 5.32 Å². The Balaban J connectivity index is 2.03. The number of hydrogen-bond acceptors (Lipinski definition) is 1. The molecule has 106 valence electrons.